The third-order valence-corrected chi connectivity index (χ3v) is 4.79. The number of alkyl halides is 3. The molecule has 1 aliphatic heterocycles. The lowest BCUT2D eigenvalue weighted by Crippen LogP contribution is -2.42. The molecule has 1 heterocycles. The normalized spacial score (nSPS) is 20.4. The molecule has 0 aromatic heterocycles. The zero-order valence-corrected chi connectivity index (χ0v) is 15.1. The van der Waals surface area contributed by atoms with E-state index in [2.05, 4.69) is 10.9 Å². The number of rotatable bonds is 5. The molecule has 0 radical (unpaired) electrons. The lowest BCUT2D eigenvalue weighted by molar-refractivity contribution is -0.183. The van der Waals surface area contributed by atoms with Gasteiger partial charge in [0.2, 0.25) is 5.91 Å². The van der Waals surface area contributed by atoms with Crippen LogP contribution >= 0.6 is 11.6 Å². The lowest BCUT2D eigenvalue weighted by Gasteiger charge is -2.21. The van der Waals surface area contributed by atoms with Gasteiger partial charge in [0, 0.05) is 24.7 Å². The summed E-state index contributed by atoms with van der Waals surface area (Å²) in [5.41, 5.74) is 6.42. The van der Waals surface area contributed by atoms with E-state index >= 15 is 0 Å². The van der Waals surface area contributed by atoms with Gasteiger partial charge in [0.15, 0.2) is 0 Å². The van der Waals surface area contributed by atoms with Crippen molar-refractivity contribution in [2.75, 3.05) is 18.5 Å². The molecule has 2 aromatic carbocycles. The number of nitrogens with zero attached hydrogens (tertiary/aromatic N) is 1. The summed E-state index contributed by atoms with van der Waals surface area (Å²) in [6, 6.07) is 15.8. The third-order valence-electron chi connectivity index (χ3n) is 4.56. The van der Waals surface area contributed by atoms with E-state index in [9.17, 15) is 18.0 Å². The fourth-order valence-electron chi connectivity index (χ4n) is 3.25. The number of likely N-dealkylation sites (tertiary alicyclic amines) is 1. The Morgan fingerprint density at radius 2 is 1.85 bits per heavy atom. The van der Waals surface area contributed by atoms with Crippen LogP contribution in [0, 0.1) is 11.8 Å². The van der Waals surface area contributed by atoms with Gasteiger partial charge in [0.25, 0.3) is 0 Å². The largest absolute Gasteiger partial charge is 0.393 e. The third kappa shape index (κ3) is 5.14. The number of nitrogens with one attached hydrogen (secondary N) is 2. The van der Waals surface area contributed by atoms with Crippen LogP contribution in [0.15, 0.2) is 54.6 Å². The molecular weight excluding hydrogens is 379 g/mol. The summed E-state index contributed by atoms with van der Waals surface area (Å²) in [4.78, 5) is 14.1. The Labute approximate surface area is 160 Å². The molecule has 3 rings (SSSR count). The monoisotopic (exact) mass is 397 g/mol. The summed E-state index contributed by atoms with van der Waals surface area (Å²) in [5.74, 6) is -3.57. The van der Waals surface area contributed by atoms with Gasteiger partial charge in [0.05, 0.1) is 17.5 Å². The van der Waals surface area contributed by atoms with E-state index in [0.29, 0.717) is 17.3 Å². The number of carbonyl (C=O) groups is 1. The molecule has 1 fully saturated rings. The predicted molar refractivity (Wildman–Crippen MR) is 98.0 cm³/mol. The van der Waals surface area contributed by atoms with Crippen LogP contribution in [0.4, 0.5) is 18.9 Å². The molecule has 0 aliphatic carbocycles. The number of anilines is 1. The first-order chi connectivity index (χ1) is 12.8. The SMILES string of the molecule is O=C(NNc1cccc(Cl)c1)[C@H]1CN(Cc2ccccc2)C[C@H]1C(F)(F)F. The van der Waals surface area contributed by atoms with Gasteiger partial charge in [-0.1, -0.05) is 48.0 Å². The van der Waals surface area contributed by atoms with Gasteiger partial charge in [-0.25, -0.2) is 0 Å². The Bertz CT molecular complexity index is 785. The van der Waals surface area contributed by atoms with E-state index in [1.807, 2.05) is 30.3 Å². The number of benzene rings is 2. The van der Waals surface area contributed by atoms with Crippen molar-refractivity contribution in [3.8, 4) is 0 Å². The second kappa shape index (κ2) is 8.19. The van der Waals surface area contributed by atoms with E-state index in [1.54, 1.807) is 29.2 Å². The standard InChI is InChI=1S/C19H19ClF3N3O/c20-14-7-4-8-15(9-14)24-25-18(27)16-11-26(12-17(16)19(21,22)23)10-13-5-2-1-3-6-13/h1-9,16-17,24H,10-12H2,(H,25,27)/t16-,17+/m0/s1. The Balaban J connectivity index is 1.66. The maximum Gasteiger partial charge on any atom is 0.393 e. The van der Waals surface area contributed by atoms with Crippen molar-refractivity contribution in [2.45, 2.75) is 12.7 Å². The second-order valence-corrected chi connectivity index (χ2v) is 7.00. The van der Waals surface area contributed by atoms with Crippen molar-refractivity contribution in [1.29, 1.82) is 0 Å². The summed E-state index contributed by atoms with van der Waals surface area (Å²) in [6.45, 7) is 0.217. The second-order valence-electron chi connectivity index (χ2n) is 6.56. The van der Waals surface area contributed by atoms with Gasteiger partial charge in [-0.05, 0) is 23.8 Å². The highest BCUT2D eigenvalue weighted by molar-refractivity contribution is 6.30. The highest BCUT2D eigenvalue weighted by atomic mass is 35.5. The zero-order valence-electron chi connectivity index (χ0n) is 14.3. The molecule has 27 heavy (non-hydrogen) atoms. The molecule has 1 aliphatic rings. The first-order valence-electron chi connectivity index (χ1n) is 8.47. The molecule has 0 spiro atoms. The Hall–Kier alpha value is -2.25. The number of hydrazine groups is 1. The molecule has 144 valence electrons. The summed E-state index contributed by atoms with van der Waals surface area (Å²) < 4.78 is 40.4. The van der Waals surface area contributed by atoms with Crippen LogP contribution in [0.3, 0.4) is 0 Å². The Morgan fingerprint density at radius 3 is 2.52 bits per heavy atom. The quantitative estimate of drug-likeness (QED) is 0.747. The van der Waals surface area contributed by atoms with Crippen molar-refractivity contribution >= 4 is 23.2 Å². The zero-order chi connectivity index (χ0) is 19.4. The Kier molecular flexibility index (Phi) is 5.92. The minimum atomic E-state index is -4.44. The molecular formula is C19H19ClF3N3O. The van der Waals surface area contributed by atoms with Crippen LogP contribution in [-0.2, 0) is 11.3 Å². The fourth-order valence-corrected chi connectivity index (χ4v) is 3.44. The smallest absolute Gasteiger partial charge is 0.299 e. The molecule has 4 nitrogen and oxygen atoms in total. The van der Waals surface area contributed by atoms with Crippen LogP contribution in [0.5, 0.6) is 0 Å². The van der Waals surface area contributed by atoms with Crippen LogP contribution in [0.2, 0.25) is 5.02 Å². The Morgan fingerprint density at radius 1 is 1.11 bits per heavy atom. The van der Waals surface area contributed by atoms with Crippen LogP contribution in [-0.4, -0.2) is 30.1 Å². The topological polar surface area (TPSA) is 44.4 Å². The van der Waals surface area contributed by atoms with Gasteiger partial charge < -0.3 is 0 Å². The number of hydrogen-bond donors (Lipinski definition) is 2. The van der Waals surface area contributed by atoms with Gasteiger partial charge in [-0.2, -0.15) is 13.2 Å². The van der Waals surface area contributed by atoms with Crippen LogP contribution in [0.25, 0.3) is 0 Å². The van der Waals surface area contributed by atoms with Crippen LogP contribution in [0.1, 0.15) is 5.56 Å². The fraction of sp³-hybridized carbons (Fsp3) is 0.316. The molecule has 2 aromatic rings. The van der Waals surface area contributed by atoms with Gasteiger partial charge >= 0.3 is 6.18 Å². The lowest BCUT2D eigenvalue weighted by atomic mass is 9.95. The number of halogens is 4. The molecule has 1 saturated heterocycles. The summed E-state index contributed by atoms with van der Waals surface area (Å²) in [7, 11) is 0. The minimum absolute atomic E-state index is 0.0438. The van der Waals surface area contributed by atoms with Crippen LogP contribution < -0.4 is 10.9 Å². The molecule has 0 unspecified atom stereocenters. The van der Waals surface area contributed by atoms with Crippen molar-refractivity contribution in [1.82, 2.24) is 10.3 Å². The van der Waals surface area contributed by atoms with Crippen molar-refractivity contribution in [2.24, 2.45) is 11.8 Å². The van der Waals surface area contributed by atoms with Crippen molar-refractivity contribution in [3.63, 3.8) is 0 Å². The molecule has 2 N–H and O–H groups in total. The molecule has 8 heteroatoms. The molecule has 2 atom stereocenters. The average molecular weight is 398 g/mol. The summed E-state index contributed by atoms with van der Waals surface area (Å²) in [6.07, 6.45) is -4.44. The molecule has 0 saturated carbocycles. The molecule has 0 bridgehead atoms. The maximum atomic E-state index is 13.5. The van der Waals surface area contributed by atoms with E-state index in [4.69, 9.17) is 11.6 Å². The van der Waals surface area contributed by atoms with Gasteiger partial charge in [-0.3, -0.25) is 20.5 Å². The number of hydrogen-bond acceptors (Lipinski definition) is 3. The summed E-state index contributed by atoms with van der Waals surface area (Å²) >= 11 is 5.86. The van der Waals surface area contributed by atoms with Gasteiger partial charge in [0.1, 0.15) is 0 Å². The first-order valence-corrected chi connectivity index (χ1v) is 8.85. The first kappa shape index (κ1) is 19.5. The number of carbonyl (C=O) groups excluding carboxylic acids is 1. The van der Waals surface area contributed by atoms with Gasteiger partial charge in [-0.15, -0.1) is 0 Å². The highest BCUT2D eigenvalue weighted by Gasteiger charge is 2.52. The molecule has 1 amide bonds. The summed E-state index contributed by atoms with van der Waals surface area (Å²) in [5, 5.41) is 0.456. The predicted octanol–water partition coefficient (Wildman–Crippen LogP) is 4.09. The van der Waals surface area contributed by atoms with E-state index in [1.165, 1.54) is 0 Å². The van der Waals surface area contributed by atoms with Crippen molar-refractivity contribution in [3.05, 3.63) is 65.2 Å². The minimum Gasteiger partial charge on any atom is -0.299 e. The highest BCUT2D eigenvalue weighted by Crippen LogP contribution is 2.38. The van der Waals surface area contributed by atoms with E-state index in [0.717, 1.165) is 5.56 Å². The van der Waals surface area contributed by atoms with E-state index < -0.39 is 23.9 Å². The average Bonchev–Trinajstić information content (AvgIpc) is 3.05. The van der Waals surface area contributed by atoms with Crippen molar-refractivity contribution < 1.29 is 18.0 Å². The number of amides is 1. The van der Waals surface area contributed by atoms with E-state index in [-0.39, 0.29) is 13.1 Å². The maximum absolute atomic E-state index is 13.5.